The van der Waals surface area contributed by atoms with Crippen molar-refractivity contribution >= 4 is 18.0 Å². The van der Waals surface area contributed by atoms with Crippen molar-refractivity contribution in [2.45, 2.75) is 45.6 Å². The van der Waals surface area contributed by atoms with Gasteiger partial charge in [-0.05, 0) is 40.0 Å². The lowest BCUT2D eigenvalue weighted by molar-refractivity contribution is -0.149. The maximum atomic E-state index is 11.6. The molecule has 0 aromatic carbocycles. The van der Waals surface area contributed by atoms with Gasteiger partial charge >= 0.3 is 18.0 Å². The van der Waals surface area contributed by atoms with Crippen molar-refractivity contribution in [3.05, 3.63) is 0 Å². The molecule has 2 atom stereocenters. The Labute approximate surface area is 124 Å². The van der Waals surface area contributed by atoms with Crippen LogP contribution in [0.4, 0.5) is 4.79 Å². The minimum absolute atomic E-state index is 0.0647. The van der Waals surface area contributed by atoms with Crippen molar-refractivity contribution < 1.29 is 29.0 Å². The van der Waals surface area contributed by atoms with E-state index in [0.717, 1.165) is 0 Å². The van der Waals surface area contributed by atoms with E-state index in [1.54, 1.807) is 20.8 Å². The predicted octanol–water partition coefficient (Wildman–Crippen LogP) is 1.56. The summed E-state index contributed by atoms with van der Waals surface area (Å²) in [5, 5.41) is 11.9. The summed E-state index contributed by atoms with van der Waals surface area (Å²) < 4.78 is 9.74. The Balaban J connectivity index is 2.66. The maximum Gasteiger partial charge on any atom is 0.407 e. The van der Waals surface area contributed by atoms with Crippen LogP contribution in [0.3, 0.4) is 0 Å². The fourth-order valence-corrected chi connectivity index (χ4v) is 2.48. The third-order valence-electron chi connectivity index (χ3n) is 3.57. The van der Waals surface area contributed by atoms with Crippen LogP contribution >= 0.6 is 0 Å². The van der Waals surface area contributed by atoms with E-state index in [-0.39, 0.29) is 13.0 Å². The van der Waals surface area contributed by atoms with Crippen molar-refractivity contribution in [2.75, 3.05) is 13.7 Å². The summed E-state index contributed by atoms with van der Waals surface area (Å²) in [5.41, 5.74) is -1.79. The molecule has 0 unspecified atom stereocenters. The van der Waals surface area contributed by atoms with E-state index in [2.05, 4.69) is 10.1 Å². The van der Waals surface area contributed by atoms with Gasteiger partial charge in [-0.15, -0.1) is 0 Å². The molecule has 120 valence electrons. The number of esters is 1. The number of carbonyl (C=O) groups is 3. The molecule has 1 amide bonds. The molecule has 0 radical (unpaired) electrons. The summed E-state index contributed by atoms with van der Waals surface area (Å²) in [5.74, 6) is -1.87. The molecule has 0 heterocycles. The first-order valence-corrected chi connectivity index (χ1v) is 6.88. The Hall–Kier alpha value is -1.79. The molecule has 1 saturated carbocycles. The second kappa shape index (κ2) is 6.32. The minimum Gasteiger partial charge on any atom is -0.481 e. The highest BCUT2D eigenvalue weighted by Crippen LogP contribution is 2.42. The van der Waals surface area contributed by atoms with Gasteiger partial charge in [0.1, 0.15) is 5.60 Å². The van der Waals surface area contributed by atoms with Crippen molar-refractivity contribution in [3.8, 4) is 0 Å². The van der Waals surface area contributed by atoms with Gasteiger partial charge in [0.15, 0.2) is 0 Å². The monoisotopic (exact) mass is 301 g/mol. The predicted molar refractivity (Wildman–Crippen MR) is 73.7 cm³/mol. The van der Waals surface area contributed by atoms with Crippen LogP contribution in [0.1, 0.15) is 40.0 Å². The number of amides is 1. The zero-order chi connectivity index (χ0) is 16.3. The van der Waals surface area contributed by atoms with Crippen LogP contribution in [0, 0.1) is 11.3 Å². The summed E-state index contributed by atoms with van der Waals surface area (Å²) >= 11 is 0. The normalized spacial score (nSPS) is 25.2. The molecule has 7 heteroatoms. The molecule has 0 aliphatic heterocycles. The molecule has 1 aliphatic rings. The molecule has 1 fully saturated rings. The van der Waals surface area contributed by atoms with Crippen LogP contribution < -0.4 is 5.32 Å². The molecule has 0 saturated heterocycles. The minimum atomic E-state index is -1.14. The van der Waals surface area contributed by atoms with Crippen molar-refractivity contribution in [2.24, 2.45) is 11.3 Å². The molecule has 0 aromatic rings. The molecule has 0 bridgehead atoms. The van der Waals surface area contributed by atoms with Gasteiger partial charge in [0.25, 0.3) is 0 Å². The van der Waals surface area contributed by atoms with E-state index in [1.165, 1.54) is 7.11 Å². The van der Waals surface area contributed by atoms with Gasteiger partial charge in [-0.2, -0.15) is 0 Å². The van der Waals surface area contributed by atoms with Gasteiger partial charge in [0, 0.05) is 6.54 Å². The first-order valence-electron chi connectivity index (χ1n) is 6.88. The van der Waals surface area contributed by atoms with Crippen molar-refractivity contribution in [1.82, 2.24) is 5.32 Å². The molecular formula is C14H23NO6. The molecule has 0 spiro atoms. The van der Waals surface area contributed by atoms with E-state index in [0.29, 0.717) is 12.8 Å². The third kappa shape index (κ3) is 4.61. The van der Waals surface area contributed by atoms with Crippen molar-refractivity contribution in [1.29, 1.82) is 0 Å². The first-order chi connectivity index (χ1) is 9.59. The number of nitrogens with one attached hydrogen (secondary N) is 1. The zero-order valence-electron chi connectivity index (χ0n) is 12.9. The number of carbonyl (C=O) groups excluding carboxylic acids is 2. The maximum absolute atomic E-state index is 11.6. The van der Waals surface area contributed by atoms with Gasteiger partial charge in [0.2, 0.25) is 0 Å². The molecule has 1 rings (SSSR count). The van der Waals surface area contributed by atoms with Crippen LogP contribution in [-0.2, 0) is 19.1 Å². The van der Waals surface area contributed by atoms with Crippen LogP contribution in [-0.4, -0.2) is 42.4 Å². The van der Waals surface area contributed by atoms with Gasteiger partial charge in [-0.3, -0.25) is 9.59 Å². The number of hydrogen-bond donors (Lipinski definition) is 2. The molecule has 21 heavy (non-hydrogen) atoms. The zero-order valence-corrected chi connectivity index (χ0v) is 12.9. The Morgan fingerprint density at radius 3 is 2.43 bits per heavy atom. The Bertz CT molecular complexity index is 428. The molecule has 1 aliphatic carbocycles. The molecule has 7 nitrogen and oxygen atoms in total. The second-order valence-electron chi connectivity index (χ2n) is 6.40. The summed E-state index contributed by atoms with van der Waals surface area (Å²) in [6.07, 6.45) is 0.252. The number of carboxylic acids is 1. The smallest absolute Gasteiger partial charge is 0.407 e. The number of rotatable bonds is 4. The fourth-order valence-electron chi connectivity index (χ4n) is 2.48. The highest BCUT2D eigenvalue weighted by atomic mass is 16.6. The number of ether oxygens (including phenoxy) is 2. The average Bonchev–Trinajstić information content (AvgIpc) is 2.79. The average molecular weight is 301 g/mol. The lowest BCUT2D eigenvalue weighted by atomic mass is 9.85. The van der Waals surface area contributed by atoms with E-state index in [1.807, 2.05) is 0 Å². The summed E-state index contributed by atoms with van der Waals surface area (Å²) in [4.78, 5) is 34.7. The largest absolute Gasteiger partial charge is 0.481 e. The first kappa shape index (κ1) is 17.3. The Morgan fingerprint density at radius 2 is 1.95 bits per heavy atom. The highest BCUT2D eigenvalue weighted by Gasteiger charge is 2.48. The molecular weight excluding hydrogens is 278 g/mol. The Kier molecular flexibility index (Phi) is 5.20. The van der Waals surface area contributed by atoms with Crippen LogP contribution in [0.2, 0.25) is 0 Å². The lowest BCUT2D eigenvalue weighted by Crippen LogP contribution is -2.43. The summed E-state index contributed by atoms with van der Waals surface area (Å²) in [6.45, 7) is 5.11. The number of aliphatic carboxylic acids is 1. The number of methoxy groups -OCH3 is 1. The van der Waals surface area contributed by atoms with Crippen molar-refractivity contribution in [3.63, 3.8) is 0 Å². The molecule has 0 aromatic heterocycles. The SMILES string of the molecule is COC(=O)[C@@H]1CC[C@@](CNC(=O)OC(C)(C)C)(C(=O)O)C1. The van der Waals surface area contributed by atoms with Gasteiger partial charge in [-0.25, -0.2) is 4.79 Å². The van der Waals surface area contributed by atoms with E-state index < -0.39 is 35.0 Å². The summed E-state index contributed by atoms with van der Waals surface area (Å²) in [6, 6.07) is 0. The number of alkyl carbamates (subject to hydrolysis) is 1. The van der Waals surface area contributed by atoms with Gasteiger partial charge < -0.3 is 19.9 Å². The fraction of sp³-hybridized carbons (Fsp3) is 0.786. The number of carboxylic acid groups (broad SMARTS) is 1. The lowest BCUT2D eigenvalue weighted by Gasteiger charge is -2.26. The topological polar surface area (TPSA) is 102 Å². The van der Waals surface area contributed by atoms with E-state index >= 15 is 0 Å². The Morgan fingerprint density at radius 1 is 1.33 bits per heavy atom. The highest BCUT2D eigenvalue weighted by molar-refractivity contribution is 5.80. The quantitative estimate of drug-likeness (QED) is 0.764. The van der Waals surface area contributed by atoms with Gasteiger partial charge in [0.05, 0.1) is 18.4 Å². The standard InChI is InChI=1S/C14H23NO6/c1-13(2,3)21-12(19)15-8-14(11(17)18)6-5-9(7-14)10(16)20-4/h9H,5-8H2,1-4H3,(H,15,19)(H,17,18)/t9-,14-/m1/s1. The van der Waals surface area contributed by atoms with E-state index in [4.69, 9.17) is 4.74 Å². The molecule has 2 N–H and O–H groups in total. The second-order valence-corrected chi connectivity index (χ2v) is 6.40. The van der Waals surface area contributed by atoms with E-state index in [9.17, 15) is 19.5 Å². The van der Waals surface area contributed by atoms with Crippen LogP contribution in [0.15, 0.2) is 0 Å². The van der Waals surface area contributed by atoms with Gasteiger partial charge in [-0.1, -0.05) is 0 Å². The van der Waals surface area contributed by atoms with Crippen LogP contribution in [0.25, 0.3) is 0 Å². The third-order valence-corrected chi connectivity index (χ3v) is 3.57. The van der Waals surface area contributed by atoms with Crippen LogP contribution in [0.5, 0.6) is 0 Å². The number of hydrogen-bond acceptors (Lipinski definition) is 5. The summed E-state index contributed by atoms with van der Waals surface area (Å²) in [7, 11) is 1.28.